The minimum absolute atomic E-state index is 0.619. The van der Waals surface area contributed by atoms with Gasteiger partial charge in [0.25, 0.3) is 0 Å². The van der Waals surface area contributed by atoms with Crippen molar-refractivity contribution in [2.75, 3.05) is 73.1 Å². The molecule has 0 aromatic rings. The third-order valence-corrected chi connectivity index (χ3v) is 4.82. The van der Waals surface area contributed by atoms with Gasteiger partial charge in [-0.1, -0.05) is 6.92 Å². The molecule has 2 fully saturated rings. The zero-order chi connectivity index (χ0) is 17.2. The van der Waals surface area contributed by atoms with E-state index in [0.717, 1.165) is 51.1 Å². The lowest BCUT2D eigenvalue weighted by Gasteiger charge is -2.34. The van der Waals surface area contributed by atoms with Crippen molar-refractivity contribution in [1.29, 1.82) is 0 Å². The fraction of sp³-hybridized carbons (Fsp3) is 0.944. The van der Waals surface area contributed by atoms with Gasteiger partial charge in [-0.15, -0.1) is 0 Å². The number of hydrogen-bond donors (Lipinski definition) is 2. The SMILES string of the molecule is CN=C(NCCCOCC1CC1)NCC(C)CN1CCN(C)CC1. The van der Waals surface area contributed by atoms with Crippen LogP contribution in [0.25, 0.3) is 0 Å². The van der Waals surface area contributed by atoms with Crippen LogP contribution in [0.4, 0.5) is 0 Å². The Morgan fingerprint density at radius 2 is 1.96 bits per heavy atom. The van der Waals surface area contributed by atoms with E-state index in [2.05, 4.69) is 39.4 Å². The highest BCUT2D eigenvalue weighted by atomic mass is 16.5. The van der Waals surface area contributed by atoms with E-state index in [1.807, 2.05) is 7.05 Å². The van der Waals surface area contributed by atoms with Gasteiger partial charge in [0.05, 0.1) is 0 Å². The lowest BCUT2D eigenvalue weighted by Crippen LogP contribution is -2.47. The average Bonchev–Trinajstić information content (AvgIpc) is 3.40. The summed E-state index contributed by atoms with van der Waals surface area (Å²) < 4.78 is 5.65. The monoisotopic (exact) mass is 339 g/mol. The van der Waals surface area contributed by atoms with Crippen molar-refractivity contribution >= 4 is 5.96 Å². The maximum absolute atomic E-state index is 5.65. The molecule has 0 aromatic heterocycles. The third-order valence-electron chi connectivity index (χ3n) is 4.82. The Morgan fingerprint density at radius 3 is 2.62 bits per heavy atom. The van der Waals surface area contributed by atoms with Crippen LogP contribution in [0, 0.1) is 11.8 Å². The minimum atomic E-state index is 0.619. The van der Waals surface area contributed by atoms with Crippen LogP contribution < -0.4 is 10.6 Å². The van der Waals surface area contributed by atoms with Crippen molar-refractivity contribution < 1.29 is 4.74 Å². The van der Waals surface area contributed by atoms with E-state index in [-0.39, 0.29) is 0 Å². The molecule has 1 saturated carbocycles. The first-order chi connectivity index (χ1) is 11.7. The first kappa shape index (κ1) is 19.5. The Morgan fingerprint density at radius 1 is 1.21 bits per heavy atom. The highest BCUT2D eigenvalue weighted by Crippen LogP contribution is 2.28. The summed E-state index contributed by atoms with van der Waals surface area (Å²) in [4.78, 5) is 9.28. The molecule has 24 heavy (non-hydrogen) atoms. The lowest BCUT2D eigenvalue weighted by atomic mass is 10.1. The molecule has 0 amide bonds. The van der Waals surface area contributed by atoms with Gasteiger partial charge in [0.2, 0.25) is 0 Å². The second-order valence-electron chi connectivity index (χ2n) is 7.46. The van der Waals surface area contributed by atoms with Crippen molar-refractivity contribution in [3.05, 3.63) is 0 Å². The van der Waals surface area contributed by atoms with Crippen LogP contribution >= 0.6 is 0 Å². The molecule has 1 heterocycles. The molecule has 1 aliphatic heterocycles. The molecule has 0 radical (unpaired) electrons. The normalized spacial score (nSPS) is 21.7. The third kappa shape index (κ3) is 8.31. The van der Waals surface area contributed by atoms with Gasteiger partial charge in [-0.05, 0) is 38.1 Å². The number of hydrogen-bond acceptors (Lipinski definition) is 4. The zero-order valence-corrected chi connectivity index (χ0v) is 15.9. The Bertz CT molecular complexity index is 364. The number of nitrogens with zero attached hydrogens (tertiary/aromatic N) is 3. The van der Waals surface area contributed by atoms with Crippen LogP contribution in [0.1, 0.15) is 26.2 Å². The van der Waals surface area contributed by atoms with Crippen molar-refractivity contribution in [3.8, 4) is 0 Å². The highest BCUT2D eigenvalue weighted by molar-refractivity contribution is 5.79. The minimum Gasteiger partial charge on any atom is -0.381 e. The fourth-order valence-electron chi connectivity index (χ4n) is 2.94. The number of piperazine rings is 1. The Kier molecular flexibility index (Phi) is 8.84. The van der Waals surface area contributed by atoms with Crippen LogP contribution in [-0.2, 0) is 4.74 Å². The predicted molar refractivity (Wildman–Crippen MR) is 101 cm³/mol. The average molecular weight is 340 g/mol. The summed E-state index contributed by atoms with van der Waals surface area (Å²) in [5.74, 6) is 2.38. The largest absolute Gasteiger partial charge is 0.381 e. The van der Waals surface area contributed by atoms with Gasteiger partial charge >= 0.3 is 0 Å². The van der Waals surface area contributed by atoms with Gasteiger partial charge < -0.3 is 25.2 Å². The lowest BCUT2D eigenvalue weighted by molar-refractivity contribution is 0.123. The van der Waals surface area contributed by atoms with Crippen molar-refractivity contribution in [2.24, 2.45) is 16.8 Å². The van der Waals surface area contributed by atoms with E-state index in [9.17, 15) is 0 Å². The van der Waals surface area contributed by atoms with Gasteiger partial charge in [-0.3, -0.25) is 4.99 Å². The molecule has 2 aliphatic rings. The Balaban J connectivity index is 1.48. The molecule has 1 atom stereocenters. The van der Waals surface area contributed by atoms with E-state index in [4.69, 9.17) is 4.74 Å². The molecule has 1 unspecified atom stereocenters. The summed E-state index contributed by atoms with van der Waals surface area (Å²) in [5, 5.41) is 6.82. The van der Waals surface area contributed by atoms with Gasteiger partial charge in [-0.2, -0.15) is 0 Å². The van der Waals surface area contributed by atoms with Crippen LogP contribution in [0.15, 0.2) is 4.99 Å². The molecular formula is C18H37N5O. The summed E-state index contributed by atoms with van der Waals surface area (Å²) in [5.41, 5.74) is 0. The summed E-state index contributed by atoms with van der Waals surface area (Å²) in [6, 6.07) is 0. The molecule has 0 spiro atoms. The van der Waals surface area contributed by atoms with Crippen LogP contribution in [0.2, 0.25) is 0 Å². The zero-order valence-electron chi connectivity index (χ0n) is 15.9. The van der Waals surface area contributed by atoms with E-state index in [1.54, 1.807) is 0 Å². The first-order valence-corrected chi connectivity index (χ1v) is 9.60. The molecule has 1 aliphatic carbocycles. The van der Waals surface area contributed by atoms with E-state index < -0.39 is 0 Å². The number of ether oxygens (including phenoxy) is 1. The maximum atomic E-state index is 5.65. The Labute approximate surface area is 148 Å². The Hall–Kier alpha value is -0.850. The van der Waals surface area contributed by atoms with Gasteiger partial charge in [-0.25, -0.2) is 0 Å². The predicted octanol–water partition coefficient (Wildman–Crippen LogP) is 0.852. The molecule has 0 aromatic carbocycles. The summed E-state index contributed by atoms with van der Waals surface area (Å²) in [7, 11) is 4.04. The number of likely N-dealkylation sites (N-methyl/N-ethyl adjacent to an activating group) is 1. The van der Waals surface area contributed by atoms with E-state index in [0.29, 0.717) is 5.92 Å². The topological polar surface area (TPSA) is 52.1 Å². The maximum Gasteiger partial charge on any atom is 0.190 e. The second kappa shape index (κ2) is 10.9. The van der Waals surface area contributed by atoms with E-state index >= 15 is 0 Å². The summed E-state index contributed by atoms with van der Waals surface area (Å²) in [6.07, 6.45) is 3.76. The molecule has 2 N–H and O–H groups in total. The van der Waals surface area contributed by atoms with Crippen LogP contribution in [-0.4, -0.2) is 88.9 Å². The molecule has 140 valence electrons. The summed E-state index contributed by atoms with van der Waals surface area (Å²) >= 11 is 0. The summed E-state index contributed by atoms with van der Waals surface area (Å²) in [6.45, 7) is 11.9. The number of aliphatic imine (C=N–C) groups is 1. The number of guanidine groups is 1. The highest BCUT2D eigenvalue weighted by Gasteiger charge is 2.20. The van der Waals surface area contributed by atoms with Crippen molar-refractivity contribution in [1.82, 2.24) is 20.4 Å². The van der Waals surface area contributed by atoms with Crippen molar-refractivity contribution in [3.63, 3.8) is 0 Å². The van der Waals surface area contributed by atoms with Crippen LogP contribution in [0.3, 0.4) is 0 Å². The number of rotatable bonds is 10. The fourth-order valence-corrected chi connectivity index (χ4v) is 2.94. The first-order valence-electron chi connectivity index (χ1n) is 9.60. The molecule has 0 bridgehead atoms. The van der Waals surface area contributed by atoms with Gasteiger partial charge in [0, 0.05) is 66.1 Å². The van der Waals surface area contributed by atoms with Gasteiger partial charge in [0.15, 0.2) is 5.96 Å². The molecule has 2 rings (SSSR count). The second-order valence-corrected chi connectivity index (χ2v) is 7.46. The molecule has 6 heteroatoms. The molecule has 1 saturated heterocycles. The molecule has 6 nitrogen and oxygen atoms in total. The van der Waals surface area contributed by atoms with Crippen molar-refractivity contribution in [2.45, 2.75) is 26.2 Å². The van der Waals surface area contributed by atoms with E-state index in [1.165, 1.54) is 39.0 Å². The van der Waals surface area contributed by atoms with Crippen LogP contribution in [0.5, 0.6) is 0 Å². The standard InChI is InChI=1S/C18H37N5O/c1-16(14-23-10-8-22(3)9-11-23)13-21-18(19-2)20-7-4-12-24-15-17-5-6-17/h16-17H,4-15H2,1-3H3,(H2,19,20,21). The number of nitrogens with one attached hydrogen (secondary N) is 2. The van der Waals surface area contributed by atoms with Gasteiger partial charge in [0.1, 0.15) is 0 Å². The molecular weight excluding hydrogens is 302 g/mol. The quantitative estimate of drug-likeness (QED) is 0.351. The smallest absolute Gasteiger partial charge is 0.190 e.